The van der Waals surface area contributed by atoms with E-state index in [2.05, 4.69) is 19.9 Å². The number of aromatic hydroxyl groups is 1. The van der Waals surface area contributed by atoms with Crippen LogP contribution in [0.1, 0.15) is 18.4 Å². The van der Waals surface area contributed by atoms with Gasteiger partial charge in [-0.05, 0) is 49.1 Å². The number of benzene rings is 2. The summed E-state index contributed by atoms with van der Waals surface area (Å²) >= 11 is 0. The molecule has 5 rings (SSSR count). The third-order valence-corrected chi connectivity index (χ3v) is 7.55. The van der Waals surface area contributed by atoms with Gasteiger partial charge in [0.25, 0.3) is 5.56 Å². The molecule has 6 N–H and O–H groups in total. The Kier molecular flexibility index (Phi) is 5.24. The Morgan fingerprint density at radius 3 is 2.65 bits per heavy atom. The van der Waals surface area contributed by atoms with Crippen LogP contribution in [0.4, 0.5) is 11.4 Å². The molecule has 1 fully saturated rings. The minimum atomic E-state index is -3.82. The molecular weight excluding hydrogens is 482 g/mol. The van der Waals surface area contributed by atoms with E-state index in [4.69, 9.17) is 0 Å². The lowest BCUT2D eigenvalue weighted by molar-refractivity contribution is 0.478. The largest absolute Gasteiger partial charge is 0.506 e. The third kappa shape index (κ3) is 4.18. The van der Waals surface area contributed by atoms with Crippen molar-refractivity contribution in [3.8, 4) is 5.75 Å². The molecule has 1 aromatic heterocycles. The molecule has 0 saturated heterocycles. The van der Waals surface area contributed by atoms with Crippen LogP contribution in [0.15, 0.2) is 56.6 Å². The average molecular weight is 506 g/mol. The van der Waals surface area contributed by atoms with Gasteiger partial charge in [0, 0.05) is 11.9 Å². The summed E-state index contributed by atoms with van der Waals surface area (Å²) < 4.78 is 52.2. The molecule has 0 atom stereocenters. The molecule has 0 amide bonds. The molecule has 180 valence electrons. The number of hydrogen-bond donors (Lipinski definition) is 6. The Labute approximate surface area is 196 Å². The van der Waals surface area contributed by atoms with Crippen LogP contribution in [0.25, 0.3) is 10.9 Å². The van der Waals surface area contributed by atoms with Gasteiger partial charge in [0.1, 0.15) is 16.2 Å². The molecule has 3 aromatic rings. The van der Waals surface area contributed by atoms with E-state index in [9.17, 15) is 27.4 Å². The van der Waals surface area contributed by atoms with Crippen molar-refractivity contribution in [2.24, 2.45) is 10.3 Å². The van der Waals surface area contributed by atoms with Crippen LogP contribution in [-0.4, -0.2) is 45.9 Å². The number of para-hydroxylation sites is 1. The Morgan fingerprint density at radius 1 is 1.21 bits per heavy atom. The summed E-state index contributed by atoms with van der Waals surface area (Å²) in [5.41, 5.74) is 3.13. The van der Waals surface area contributed by atoms with Gasteiger partial charge < -0.3 is 15.8 Å². The Morgan fingerprint density at radius 2 is 1.94 bits per heavy atom. The molecule has 13 heteroatoms. The predicted octanol–water partition coefficient (Wildman–Crippen LogP) is 2.93. The van der Waals surface area contributed by atoms with Crippen LogP contribution in [-0.2, 0) is 10.0 Å². The number of hydrogen-bond acceptors (Lipinski definition) is 9. The van der Waals surface area contributed by atoms with E-state index < -0.39 is 26.4 Å². The quantitative estimate of drug-likeness (QED) is 0.297. The van der Waals surface area contributed by atoms with E-state index in [-0.39, 0.29) is 33.4 Å². The van der Waals surface area contributed by atoms with Crippen LogP contribution in [0.3, 0.4) is 0 Å². The third-order valence-electron chi connectivity index (χ3n) is 5.58. The Hall–Kier alpha value is -3.26. The van der Waals surface area contributed by atoms with Crippen molar-refractivity contribution in [3.63, 3.8) is 0 Å². The number of aromatic nitrogens is 1. The van der Waals surface area contributed by atoms with Crippen molar-refractivity contribution in [3.05, 3.63) is 58.4 Å². The van der Waals surface area contributed by atoms with Crippen LogP contribution in [0.2, 0.25) is 0 Å². The molecule has 0 radical (unpaired) electrons. The number of nitrogens with one attached hydrogen (secondary N) is 3. The molecule has 1 aliphatic carbocycles. The highest BCUT2D eigenvalue weighted by Gasteiger charge is 2.31. The maximum absolute atomic E-state index is 13.5. The minimum Gasteiger partial charge on any atom is -0.506 e. The standard InChI is InChI=1S/C21H23N5O6S2/c1-33(29,30)24-13-8-9-15-17(10-13)34(31,32)25-20(23-15)18-19(27)14-4-2-3-5-16(14)26(21(18)28)22-11-12-6-7-12/h2-5,8-10,12,22,24,27,31-32H,6-7,11H2,1H3,(H,23,25). The summed E-state index contributed by atoms with van der Waals surface area (Å²) in [5.74, 6) is -0.0708. The second-order valence-corrected chi connectivity index (χ2v) is 11.8. The first-order valence-corrected chi connectivity index (χ1v) is 13.8. The Balaban J connectivity index is 1.63. The minimum absolute atomic E-state index is 0.0441. The van der Waals surface area contributed by atoms with Crippen LogP contribution in [0, 0.1) is 5.92 Å². The summed E-state index contributed by atoms with van der Waals surface area (Å²) in [6, 6.07) is 11.0. The number of sulfonamides is 1. The van der Waals surface area contributed by atoms with Crippen molar-refractivity contribution in [2.45, 2.75) is 17.7 Å². The highest BCUT2D eigenvalue weighted by Crippen LogP contribution is 2.56. The van der Waals surface area contributed by atoms with Crippen LogP contribution < -0.4 is 21.0 Å². The second-order valence-electron chi connectivity index (χ2n) is 8.36. The lowest BCUT2D eigenvalue weighted by atomic mass is 10.1. The number of fused-ring (bicyclic) bond motifs is 2. The van der Waals surface area contributed by atoms with Crippen molar-refractivity contribution < 1.29 is 22.6 Å². The van der Waals surface area contributed by atoms with Gasteiger partial charge in [-0.25, -0.2) is 13.1 Å². The molecule has 34 heavy (non-hydrogen) atoms. The summed E-state index contributed by atoms with van der Waals surface area (Å²) in [5, 5.41) is 14.3. The van der Waals surface area contributed by atoms with Gasteiger partial charge in [0.15, 0.2) is 5.84 Å². The lowest BCUT2D eigenvalue weighted by Crippen LogP contribution is -2.36. The molecule has 2 aromatic carbocycles. The molecule has 11 nitrogen and oxygen atoms in total. The monoisotopic (exact) mass is 505 g/mol. The maximum atomic E-state index is 13.5. The highest BCUT2D eigenvalue weighted by molar-refractivity contribution is 8.23. The average Bonchev–Trinajstić information content (AvgIpc) is 3.57. The van der Waals surface area contributed by atoms with Gasteiger partial charge in [-0.15, -0.1) is 4.40 Å². The van der Waals surface area contributed by atoms with E-state index in [1.807, 2.05) is 0 Å². The number of amidine groups is 1. The molecule has 2 aliphatic rings. The van der Waals surface area contributed by atoms with Gasteiger partial charge in [0.2, 0.25) is 10.0 Å². The van der Waals surface area contributed by atoms with E-state index in [1.54, 1.807) is 24.3 Å². The highest BCUT2D eigenvalue weighted by atomic mass is 32.3. The Bertz CT molecular complexity index is 1510. The fourth-order valence-corrected chi connectivity index (χ4v) is 5.55. The van der Waals surface area contributed by atoms with Gasteiger partial charge >= 0.3 is 0 Å². The summed E-state index contributed by atoms with van der Waals surface area (Å²) in [7, 11) is -7.41. The fraction of sp³-hybridized carbons (Fsp3) is 0.238. The molecule has 2 heterocycles. The van der Waals surface area contributed by atoms with Crippen molar-refractivity contribution in [2.75, 3.05) is 28.3 Å². The molecule has 0 unspecified atom stereocenters. The topological polar surface area (TPSA) is 165 Å². The van der Waals surface area contributed by atoms with Crippen LogP contribution >= 0.6 is 10.8 Å². The second kappa shape index (κ2) is 7.91. The smallest absolute Gasteiger partial charge is 0.284 e. The summed E-state index contributed by atoms with van der Waals surface area (Å²) in [4.78, 5) is 13.4. The molecule has 0 bridgehead atoms. The molecule has 0 spiro atoms. The molecular formula is C21H23N5O6S2. The van der Waals surface area contributed by atoms with E-state index in [0.29, 0.717) is 23.4 Å². The number of anilines is 2. The van der Waals surface area contributed by atoms with E-state index in [0.717, 1.165) is 19.1 Å². The SMILES string of the molecule is CS(=O)(=O)Nc1ccc2c(c1)S(O)(O)N=C(c1c(O)c3ccccc3n(NCC3CC3)c1=O)N2. The van der Waals surface area contributed by atoms with E-state index >= 15 is 0 Å². The van der Waals surface area contributed by atoms with Crippen LogP contribution in [0.5, 0.6) is 5.75 Å². The van der Waals surface area contributed by atoms with Gasteiger partial charge in [-0.3, -0.25) is 18.6 Å². The number of nitrogens with zero attached hydrogens (tertiary/aromatic N) is 2. The van der Waals surface area contributed by atoms with Gasteiger partial charge in [0.05, 0.1) is 23.1 Å². The maximum Gasteiger partial charge on any atom is 0.284 e. The first-order valence-electron chi connectivity index (χ1n) is 10.4. The summed E-state index contributed by atoms with van der Waals surface area (Å²) in [6.45, 7) is 0.585. The molecule has 1 aliphatic heterocycles. The lowest BCUT2D eigenvalue weighted by Gasteiger charge is -2.34. The zero-order valence-corrected chi connectivity index (χ0v) is 19.7. The predicted molar refractivity (Wildman–Crippen MR) is 133 cm³/mol. The zero-order chi connectivity index (χ0) is 24.3. The fourth-order valence-electron chi connectivity index (χ4n) is 3.80. The normalized spacial score (nSPS) is 17.9. The zero-order valence-electron chi connectivity index (χ0n) is 18.0. The van der Waals surface area contributed by atoms with Gasteiger partial charge in [-0.2, -0.15) is 0 Å². The van der Waals surface area contributed by atoms with E-state index in [1.165, 1.54) is 22.9 Å². The first kappa shape index (κ1) is 22.5. The molecule has 1 saturated carbocycles. The summed E-state index contributed by atoms with van der Waals surface area (Å²) in [6.07, 6.45) is 3.13. The van der Waals surface area contributed by atoms with Crippen molar-refractivity contribution in [1.82, 2.24) is 4.68 Å². The number of pyridine rings is 1. The first-order chi connectivity index (χ1) is 16.0. The number of rotatable bonds is 6. The van der Waals surface area contributed by atoms with Gasteiger partial charge in [-0.1, -0.05) is 22.9 Å². The van der Waals surface area contributed by atoms with Crippen molar-refractivity contribution in [1.29, 1.82) is 0 Å². The van der Waals surface area contributed by atoms with Crippen molar-refractivity contribution >= 4 is 48.9 Å².